The summed E-state index contributed by atoms with van der Waals surface area (Å²) in [7, 11) is 0. The van der Waals surface area contributed by atoms with Crippen LogP contribution >= 0.6 is 11.3 Å². The van der Waals surface area contributed by atoms with Crippen LogP contribution < -0.4 is 4.90 Å². The maximum absolute atomic E-state index is 11.5. The van der Waals surface area contributed by atoms with Gasteiger partial charge in [0.1, 0.15) is 5.01 Å². The van der Waals surface area contributed by atoms with Crippen molar-refractivity contribution in [3.63, 3.8) is 0 Å². The molecule has 2 rings (SSSR count). The predicted octanol–water partition coefficient (Wildman–Crippen LogP) is 1.39. The van der Waals surface area contributed by atoms with Crippen molar-refractivity contribution < 1.29 is 9.59 Å². The number of aromatic nitrogens is 2. The highest BCUT2D eigenvalue weighted by Gasteiger charge is 2.32. The first kappa shape index (κ1) is 11.2. The number of carbonyl (C=O) groups is 2. The Bertz CT molecular complexity index is 411. The zero-order valence-electron chi connectivity index (χ0n) is 9.27. The van der Waals surface area contributed by atoms with E-state index in [0.717, 1.165) is 16.3 Å². The second kappa shape index (κ2) is 4.29. The van der Waals surface area contributed by atoms with Gasteiger partial charge >= 0.3 is 0 Å². The molecule has 1 fully saturated rings. The molecule has 2 amide bonds. The zero-order valence-corrected chi connectivity index (χ0v) is 10.1. The topological polar surface area (TPSA) is 63.2 Å². The monoisotopic (exact) mass is 239 g/mol. The van der Waals surface area contributed by atoms with Crippen LogP contribution in [0.3, 0.4) is 0 Å². The van der Waals surface area contributed by atoms with E-state index in [4.69, 9.17) is 0 Å². The first-order valence-electron chi connectivity index (χ1n) is 5.26. The highest BCUT2D eigenvalue weighted by molar-refractivity contribution is 7.15. The van der Waals surface area contributed by atoms with Crippen LogP contribution in [0.15, 0.2) is 0 Å². The van der Waals surface area contributed by atoms with Gasteiger partial charge in [-0.15, -0.1) is 10.2 Å². The highest BCUT2D eigenvalue weighted by atomic mass is 32.1. The molecule has 6 heteroatoms. The summed E-state index contributed by atoms with van der Waals surface area (Å²) in [5, 5.41) is 9.19. The van der Waals surface area contributed by atoms with Crippen LogP contribution in [0, 0.1) is 5.92 Å². The van der Waals surface area contributed by atoms with Crippen molar-refractivity contribution in [1.29, 1.82) is 0 Å². The third kappa shape index (κ3) is 2.11. The molecule has 0 N–H and O–H groups in total. The molecule has 1 aliphatic rings. The standard InChI is InChI=1S/C10H13N3O2S/c1-6(2)5-7-11-12-10(16-7)13-8(14)3-4-9(13)15/h6H,3-5H2,1-2H3. The fourth-order valence-electron chi connectivity index (χ4n) is 1.56. The molecule has 0 saturated carbocycles. The molecule has 5 nitrogen and oxygen atoms in total. The minimum absolute atomic E-state index is 0.169. The Labute approximate surface area is 97.5 Å². The molecule has 0 radical (unpaired) electrons. The van der Waals surface area contributed by atoms with Gasteiger partial charge in [0, 0.05) is 19.3 Å². The number of hydrogen-bond acceptors (Lipinski definition) is 5. The van der Waals surface area contributed by atoms with E-state index in [2.05, 4.69) is 24.0 Å². The van der Waals surface area contributed by atoms with E-state index >= 15 is 0 Å². The van der Waals surface area contributed by atoms with Gasteiger partial charge in [-0.2, -0.15) is 0 Å². The Balaban J connectivity index is 2.18. The Hall–Kier alpha value is -1.30. The smallest absolute Gasteiger partial charge is 0.236 e. The summed E-state index contributed by atoms with van der Waals surface area (Å²) in [6.45, 7) is 4.18. The van der Waals surface area contributed by atoms with Crippen LogP contribution in [0.2, 0.25) is 0 Å². The van der Waals surface area contributed by atoms with Gasteiger partial charge in [0.2, 0.25) is 16.9 Å². The van der Waals surface area contributed by atoms with Crippen molar-refractivity contribution in [2.75, 3.05) is 4.90 Å². The number of imide groups is 1. The van der Waals surface area contributed by atoms with Crippen molar-refractivity contribution >= 4 is 28.3 Å². The molecule has 1 aliphatic heterocycles. The molecule has 0 bridgehead atoms. The molecule has 1 aromatic rings. The van der Waals surface area contributed by atoms with E-state index in [0.29, 0.717) is 11.0 Å². The van der Waals surface area contributed by atoms with Crippen molar-refractivity contribution in [3.8, 4) is 0 Å². The van der Waals surface area contributed by atoms with Gasteiger partial charge in [-0.05, 0) is 5.92 Å². The van der Waals surface area contributed by atoms with Crippen LogP contribution in [0.5, 0.6) is 0 Å². The molecule has 1 saturated heterocycles. The zero-order chi connectivity index (χ0) is 11.7. The van der Waals surface area contributed by atoms with Gasteiger partial charge in [0.05, 0.1) is 0 Å². The van der Waals surface area contributed by atoms with Crippen LogP contribution in [0.4, 0.5) is 5.13 Å². The molecular weight excluding hydrogens is 226 g/mol. The molecule has 0 aromatic carbocycles. The van der Waals surface area contributed by atoms with E-state index in [1.165, 1.54) is 11.3 Å². The quantitative estimate of drug-likeness (QED) is 0.748. The van der Waals surface area contributed by atoms with E-state index in [-0.39, 0.29) is 24.7 Å². The van der Waals surface area contributed by atoms with E-state index in [9.17, 15) is 9.59 Å². The molecule has 2 heterocycles. The third-order valence-corrected chi connectivity index (χ3v) is 3.21. The predicted molar refractivity (Wildman–Crippen MR) is 60.2 cm³/mol. The van der Waals surface area contributed by atoms with Crippen molar-refractivity contribution in [2.45, 2.75) is 33.1 Å². The number of carbonyl (C=O) groups excluding carboxylic acids is 2. The molecule has 1 aromatic heterocycles. The fourth-order valence-corrected chi connectivity index (χ4v) is 2.64. The van der Waals surface area contributed by atoms with Crippen molar-refractivity contribution in [2.24, 2.45) is 5.92 Å². The number of anilines is 1. The number of hydrogen-bond donors (Lipinski definition) is 0. The lowest BCUT2D eigenvalue weighted by Gasteiger charge is -2.07. The average molecular weight is 239 g/mol. The molecule has 86 valence electrons. The van der Waals surface area contributed by atoms with Crippen LogP contribution in [-0.4, -0.2) is 22.0 Å². The Morgan fingerprint density at radius 1 is 1.25 bits per heavy atom. The molecular formula is C10H13N3O2S. The van der Waals surface area contributed by atoms with Crippen LogP contribution in [0.25, 0.3) is 0 Å². The summed E-state index contributed by atoms with van der Waals surface area (Å²) in [4.78, 5) is 24.1. The van der Waals surface area contributed by atoms with Gasteiger partial charge in [0.25, 0.3) is 0 Å². The maximum atomic E-state index is 11.5. The number of amides is 2. The Morgan fingerprint density at radius 2 is 1.88 bits per heavy atom. The van der Waals surface area contributed by atoms with Gasteiger partial charge in [-0.1, -0.05) is 25.2 Å². The number of nitrogens with zero attached hydrogens (tertiary/aromatic N) is 3. The molecule has 0 aliphatic carbocycles. The van der Waals surface area contributed by atoms with Gasteiger partial charge in [-0.3, -0.25) is 9.59 Å². The summed E-state index contributed by atoms with van der Waals surface area (Å²) in [6.07, 6.45) is 1.41. The summed E-state index contributed by atoms with van der Waals surface area (Å²) in [5.74, 6) is 0.153. The summed E-state index contributed by atoms with van der Waals surface area (Å²) < 4.78 is 0. The van der Waals surface area contributed by atoms with Gasteiger partial charge in [-0.25, -0.2) is 4.90 Å². The summed E-state index contributed by atoms with van der Waals surface area (Å²) in [6, 6.07) is 0. The maximum Gasteiger partial charge on any atom is 0.236 e. The van der Waals surface area contributed by atoms with Crippen LogP contribution in [0.1, 0.15) is 31.7 Å². The van der Waals surface area contributed by atoms with E-state index < -0.39 is 0 Å². The minimum atomic E-state index is -0.169. The van der Waals surface area contributed by atoms with E-state index in [1.54, 1.807) is 0 Å². The largest absolute Gasteiger partial charge is 0.274 e. The fraction of sp³-hybridized carbons (Fsp3) is 0.600. The molecule has 16 heavy (non-hydrogen) atoms. The van der Waals surface area contributed by atoms with E-state index in [1.807, 2.05) is 0 Å². The van der Waals surface area contributed by atoms with Crippen molar-refractivity contribution in [3.05, 3.63) is 5.01 Å². The first-order valence-corrected chi connectivity index (χ1v) is 6.07. The van der Waals surface area contributed by atoms with Crippen LogP contribution in [-0.2, 0) is 16.0 Å². The summed E-state index contributed by atoms with van der Waals surface area (Å²) in [5.41, 5.74) is 0. The Morgan fingerprint density at radius 3 is 2.44 bits per heavy atom. The second-order valence-corrected chi connectivity index (χ2v) is 5.24. The SMILES string of the molecule is CC(C)Cc1nnc(N2C(=O)CCC2=O)s1. The second-order valence-electron chi connectivity index (χ2n) is 4.20. The first-order chi connectivity index (χ1) is 7.58. The lowest BCUT2D eigenvalue weighted by atomic mass is 10.1. The highest BCUT2D eigenvalue weighted by Crippen LogP contribution is 2.26. The van der Waals surface area contributed by atoms with Crippen molar-refractivity contribution in [1.82, 2.24) is 10.2 Å². The lowest BCUT2D eigenvalue weighted by Crippen LogP contribution is -2.28. The Kier molecular flexibility index (Phi) is 3.00. The molecule has 0 spiro atoms. The van der Waals surface area contributed by atoms with Gasteiger partial charge in [0.15, 0.2) is 0 Å². The van der Waals surface area contributed by atoms with Gasteiger partial charge < -0.3 is 0 Å². The lowest BCUT2D eigenvalue weighted by molar-refractivity contribution is -0.121. The minimum Gasteiger partial charge on any atom is -0.274 e. The molecule has 0 unspecified atom stereocenters. The molecule has 0 atom stereocenters. The third-order valence-electron chi connectivity index (χ3n) is 2.28. The summed E-state index contributed by atoms with van der Waals surface area (Å²) >= 11 is 1.33. The average Bonchev–Trinajstić information content (AvgIpc) is 2.73. The number of rotatable bonds is 3. The normalized spacial score (nSPS) is 16.6.